The standard InChI is InChI=1S/C68H122O6/c1-4-7-10-13-16-19-22-25-28-30-31-32-33-34-35-36-37-39-40-43-46-49-52-55-58-61-67(70)73-64-65(63-72-66(69)60-57-54-51-48-45-42-27-24-21-18-15-12-9-6-3)74-68(71)62-59-56-53-50-47-44-41-38-29-26-23-20-17-14-11-8-5-2/h7,10,16,19,25,28,31-32,34-35,65H,4-6,8-9,11-15,17-18,20-24,26-27,29-30,33,36-64H2,1-3H3/b10-7-,19-16-,28-25-,32-31-,35-34-. The van der Waals surface area contributed by atoms with Gasteiger partial charge in [-0.25, -0.2) is 0 Å². The first kappa shape index (κ1) is 71.1. The molecule has 0 heterocycles. The number of hydrogen-bond donors (Lipinski definition) is 0. The van der Waals surface area contributed by atoms with Crippen LogP contribution < -0.4 is 0 Å². The van der Waals surface area contributed by atoms with Gasteiger partial charge >= 0.3 is 17.9 Å². The molecule has 0 amide bonds. The highest BCUT2D eigenvalue weighted by Crippen LogP contribution is 2.17. The van der Waals surface area contributed by atoms with Crippen LogP contribution in [0.25, 0.3) is 0 Å². The second kappa shape index (κ2) is 62.6. The molecule has 0 fully saturated rings. The van der Waals surface area contributed by atoms with Crippen molar-refractivity contribution in [1.29, 1.82) is 0 Å². The number of allylic oxidation sites excluding steroid dienone is 10. The van der Waals surface area contributed by atoms with Crippen molar-refractivity contribution < 1.29 is 28.6 Å². The average molecular weight is 1040 g/mol. The first-order valence-electron chi connectivity index (χ1n) is 32.3. The lowest BCUT2D eigenvalue weighted by Crippen LogP contribution is -2.30. The van der Waals surface area contributed by atoms with Crippen LogP contribution in [0.3, 0.4) is 0 Å². The van der Waals surface area contributed by atoms with Crippen LogP contribution in [-0.4, -0.2) is 37.2 Å². The molecular formula is C68H122O6. The summed E-state index contributed by atoms with van der Waals surface area (Å²) in [5.74, 6) is -0.855. The van der Waals surface area contributed by atoms with Crippen LogP contribution in [0.5, 0.6) is 0 Å². The fraction of sp³-hybridized carbons (Fsp3) is 0.809. The van der Waals surface area contributed by atoms with Crippen molar-refractivity contribution in [3.05, 3.63) is 60.8 Å². The lowest BCUT2D eigenvalue weighted by atomic mass is 10.0. The van der Waals surface area contributed by atoms with Gasteiger partial charge in [0.25, 0.3) is 0 Å². The maximum atomic E-state index is 12.9. The minimum atomic E-state index is -0.773. The van der Waals surface area contributed by atoms with Crippen LogP contribution in [-0.2, 0) is 28.6 Å². The summed E-state index contributed by atoms with van der Waals surface area (Å²) in [6, 6.07) is 0. The number of ether oxygens (including phenoxy) is 3. The molecule has 0 rings (SSSR count). The van der Waals surface area contributed by atoms with E-state index in [9.17, 15) is 14.4 Å². The van der Waals surface area contributed by atoms with E-state index in [0.717, 1.165) is 96.3 Å². The lowest BCUT2D eigenvalue weighted by molar-refractivity contribution is -0.167. The predicted molar refractivity (Wildman–Crippen MR) is 321 cm³/mol. The molecule has 0 spiro atoms. The van der Waals surface area contributed by atoms with Crippen molar-refractivity contribution in [1.82, 2.24) is 0 Å². The van der Waals surface area contributed by atoms with Gasteiger partial charge in [0.05, 0.1) is 0 Å². The maximum Gasteiger partial charge on any atom is 0.306 e. The van der Waals surface area contributed by atoms with Gasteiger partial charge in [-0.05, 0) is 64.2 Å². The number of esters is 3. The quantitative estimate of drug-likeness (QED) is 0.0261. The summed E-state index contributed by atoms with van der Waals surface area (Å²) in [6.45, 7) is 6.58. The number of carbonyl (C=O) groups excluding carboxylic acids is 3. The van der Waals surface area contributed by atoms with E-state index in [-0.39, 0.29) is 31.1 Å². The molecule has 0 aliphatic rings. The molecule has 0 aromatic rings. The third kappa shape index (κ3) is 60.0. The van der Waals surface area contributed by atoms with Gasteiger partial charge < -0.3 is 14.2 Å². The summed E-state index contributed by atoms with van der Waals surface area (Å²) >= 11 is 0. The van der Waals surface area contributed by atoms with Crippen LogP contribution >= 0.6 is 0 Å². The minimum absolute atomic E-state index is 0.0705. The molecule has 0 saturated heterocycles. The first-order chi connectivity index (χ1) is 36.5. The summed E-state index contributed by atoms with van der Waals surface area (Å²) in [4.78, 5) is 38.3. The average Bonchev–Trinajstić information content (AvgIpc) is 3.40. The second-order valence-electron chi connectivity index (χ2n) is 21.7. The molecule has 6 heteroatoms. The van der Waals surface area contributed by atoms with Gasteiger partial charge in [-0.15, -0.1) is 0 Å². The highest BCUT2D eigenvalue weighted by Gasteiger charge is 2.19. The topological polar surface area (TPSA) is 78.9 Å². The van der Waals surface area contributed by atoms with Gasteiger partial charge in [0.1, 0.15) is 13.2 Å². The third-order valence-corrected chi connectivity index (χ3v) is 14.3. The van der Waals surface area contributed by atoms with Gasteiger partial charge in [-0.1, -0.05) is 313 Å². The molecule has 430 valence electrons. The van der Waals surface area contributed by atoms with Gasteiger partial charge in [-0.3, -0.25) is 14.4 Å². The van der Waals surface area contributed by atoms with Gasteiger partial charge in [0.2, 0.25) is 0 Å². The molecule has 0 aliphatic carbocycles. The van der Waals surface area contributed by atoms with E-state index in [1.165, 1.54) is 199 Å². The predicted octanol–water partition coefficient (Wildman–Crippen LogP) is 21.9. The molecule has 0 saturated carbocycles. The summed E-state index contributed by atoms with van der Waals surface area (Å²) in [5.41, 5.74) is 0. The van der Waals surface area contributed by atoms with Crippen molar-refractivity contribution in [2.24, 2.45) is 0 Å². The normalized spacial score (nSPS) is 12.4. The Labute approximate surface area is 460 Å². The van der Waals surface area contributed by atoms with E-state index in [1.54, 1.807) is 0 Å². The Morgan fingerprint density at radius 1 is 0.284 bits per heavy atom. The molecule has 74 heavy (non-hydrogen) atoms. The highest BCUT2D eigenvalue weighted by molar-refractivity contribution is 5.71. The molecule has 0 N–H and O–H groups in total. The lowest BCUT2D eigenvalue weighted by Gasteiger charge is -2.18. The fourth-order valence-corrected chi connectivity index (χ4v) is 9.47. The molecular weight excluding hydrogens is 913 g/mol. The summed E-state index contributed by atoms with van der Waals surface area (Å²) in [7, 11) is 0. The number of unbranched alkanes of at least 4 members (excludes halogenated alkanes) is 38. The van der Waals surface area contributed by atoms with Crippen LogP contribution in [0.2, 0.25) is 0 Å². The Morgan fingerprint density at radius 2 is 0.527 bits per heavy atom. The summed E-state index contributed by atoms with van der Waals surface area (Å²) < 4.78 is 16.9. The Bertz CT molecular complexity index is 1330. The molecule has 1 unspecified atom stereocenters. The second-order valence-corrected chi connectivity index (χ2v) is 21.7. The van der Waals surface area contributed by atoms with Crippen molar-refractivity contribution in [2.45, 2.75) is 341 Å². The molecule has 0 bridgehead atoms. The van der Waals surface area contributed by atoms with E-state index in [1.807, 2.05) is 0 Å². The van der Waals surface area contributed by atoms with Crippen LogP contribution in [0.4, 0.5) is 0 Å². The molecule has 1 atom stereocenters. The third-order valence-electron chi connectivity index (χ3n) is 14.3. The Morgan fingerprint density at radius 3 is 0.824 bits per heavy atom. The van der Waals surface area contributed by atoms with Crippen LogP contribution in [0.15, 0.2) is 60.8 Å². The summed E-state index contributed by atoms with van der Waals surface area (Å²) in [6.07, 6.45) is 79.4. The fourth-order valence-electron chi connectivity index (χ4n) is 9.47. The number of rotatable bonds is 59. The Hall–Kier alpha value is -2.89. The van der Waals surface area contributed by atoms with Gasteiger partial charge in [0, 0.05) is 19.3 Å². The largest absolute Gasteiger partial charge is 0.462 e. The molecule has 0 radical (unpaired) electrons. The Kier molecular flexibility index (Phi) is 60.2. The first-order valence-corrected chi connectivity index (χ1v) is 32.3. The minimum Gasteiger partial charge on any atom is -0.462 e. The maximum absolute atomic E-state index is 12.9. The van der Waals surface area contributed by atoms with E-state index in [4.69, 9.17) is 14.2 Å². The number of carbonyl (C=O) groups is 3. The van der Waals surface area contributed by atoms with Crippen molar-refractivity contribution >= 4 is 17.9 Å². The molecule has 0 aromatic heterocycles. The molecule has 0 aliphatic heterocycles. The van der Waals surface area contributed by atoms with E-state index < -0.39 is 6.10 Å². The SMILES string of the molecule is CC/C=C\C/C=C\C/C=C\C/C=C\C/C=C\CCCCCCCCCCCC(=O)OCC(COC(=O)CCCCCCCCCCCCCCCC)OC(=O)CCCCCCCCCCCCCCCCCCC. The zero-order valence-electron chi connectivity index (χ0n) is 49.4. The van der Waals surface area contributed by atoms with Crippen LogP contribution in [0, 0.1) is 0 Å². The zero-order chi connectivity index (χ0) is 53.6. The monoisotopic (exact) mass is 1030 g/mol. The molecule has 6 nitrogen and oxygen atoms in total. The zero-order valence-corrected chi connectivity index (χ0v) is 49.4. The van der Waals surface area contributed by atoms with Gasteiger partial charge in [-0.2, -0.15) is 0 Å². The highest BCUT2D eigenvalue weighted by atomic mass is 16.6. The molecule has 0 aromatic carbocycles. The van der Waals surface area contributed by atoms with Crippen LogP contribution in [0.1, 0.15) is 335 Å². The van der Waals surface area contributed by atoms with E-state index in [0.29, 0.717) is 19.3 Å². The van der Waals surface area contributed by atoms with Crippen molar-refractivity contribution in [2.75, 3.05) is 13.2 Å². The smallest absolute Gasteiger partial charge is 0.306 e. The van der Waals surface area contributed by atoms with Crippen molar-refractivity contribution in [3.8, 4) is 0 Å². The van der Waals surface area contributed by atoms with E-state index in [2.05, 4.69) is 81.5 Å². The number of hydrogen-bond acceptors (Lipinski definition) is 6. The summed E-state index contributed by atoms with van der Waals surface area (Å²) in [5, 5.41) is 0. The van der Waals surface area contributed by atoms with Crippen molar-refractivity contribution in [3.63, 3.8) is 0 Å². The van der Waals surface area contributed by atoms with E-state index >= 15 is 0 Å². The Balaban J connectivity index is 4.30. The van der Waals surface area contributed by atoms with Gasteiger partial charge in [0.15, 0.2) is 6.10 Å².